The summed E-state index contributed by atoms with van der Waals surface area (Å²) in [6.45, 7) is 11.6. The van der Waals surface area contributed by atoms with Crippen molar-refractivity contribution in [3.05, 3.63) is 0 Å². The van der Waals surface area contributed by atoms with Crippen molar-refractivity contribution in [3.8, 4) is 0 Å². The molecule has 84 valence electrons. The second kappa shape index (κ2) is 5.13. The van der Waals surface area contributed by atoms with Crippen molar-refractivity contribution in [3.63, 3.8) is 0 Å². The Morgan fingerprint density at radius 2 is 1.86 bits per heavy atom. The molecule has 1 fully saturated rings. The average molecular weight is 199 g/mol. The van der Waals surface area contributed by atoms with E-state index in [2.05, 4.69) is 32.6 Å². The van der Waals surface area contributed by atoms with Gasteiger partial charge in [0.25, 0.3) is 0 Å². The van der Waals surface area contributed by atoms with Crippen LogP contribution in [-0.2, 0) is 4.74 Å². The summed E-state index contributed by atoms with van der Waals surface area (Å²) in [5, 5.41) is 0. The van der Waals surface area contributed by atoms with Crippen molar-refractivity contribution >= 4 is 0 Å². The molecule has 0 N–H and O–H groups in total. The number of piperidine rings is 1. The fourth-order valence-electron chi connectivity index (χ4n) is 2.39. The molecule has 0 amide bonds. The van der Waals surface area contributed by atoms with Crippen LogP contribution in [0.5, 0.6) is 0 Å². The summed E-state index contributed by atoms with van der Waals surface area (Å²) in [6.07, 6.45) is 1.67. The van der Waals surface area contributed by atoms with Crippen molar-refractivity contribution in [2.24, 2.45) is 11.8 Å². The van der Waals surface area contributed by atoms with Gasteiger partial charge in [-0.05, 0) is 26.2 Å². The molecule has 2 heteroatoms. The quantitative estimate of drug-likeness (QED) is 0.692. The number of rotatable bonds is 3. The predicted octanol–water partition coefficient (Wildman–Crippen LogP) is 2.39. The van der Waals surface area contributed by atoms with Crippen molar-refractivity contribution < 1.29 is 4.74 Å². The fraction of sp³-hybridized carbons (Fsp3) is 1.00. The van der Waals surface area contributed by atoms with Crippen LogP contribution in [0.1, 0.15) is 34.1 Å². The van der Waals surface area contributed by atoms with Crippen LogP contribution in [0.2, 0.25) is 0 Å². The highest BCUT2D eigenvalue weighted by Crippen LogP contribution is 2.27. The Hall–Kier alpha value is -0.0800. The van der Waals surface area contributed by atoms with E-state index < -0.39 is 0 Å². The highest BCUT2D eigenvalue weighted by Gasteiger charge is 2.31. The lowest BCUT2D eigenvalue weighted by atomic mass is 9.85. The Labute approximate surface area is 88.6 Å². The third-order valence-corrected chi connectivity index (χ3v) is 3.51. The molecule has 0 aromatic rings. The molecular weight excluding hydrogens is 174 g/mol. The van der Waals surface area contributed by atoms with Crippen LogP contribution in [0, 0.1) is 11.8 Å². The summed E-state index contributed by atoms with van der Waals surface area (Å²) in [6, 6.07) is 0.675. The molecule has 0 aromatic carbocycles. The van der Waals surface area contributed by atoms with Gasteiger partial charge in [0.05, 0.1) is 6.10 Å². The molecule has 1 aliphatic heterocycles. The number of nitrogens with zero attached hydrogens (tertiary/aromatic N) is 1. The Morgan fingerprint density at radius 1 is 1.21 bits per heavy atom. The largest absolute Gasteiger partial charge is 0.381 e. The summed E-state index contributed by atoms with van der Waals surface area (Å²) in [5.41, 5.74) is 0. The molecule has 0 spiro atoms. The summed E-state index contributed by atoms with van der Waals surface area (Å²) in [4.78, 5) is 2.57. The molecule has 1 heterocycles. The zero-order valence-corrected chi connectivity index (χ0v) is 10.3. The van der Waals surface area contributed by atoms with Gasteiger partial charge in [-0.25, -0.2) is 0 Å². The van der Waals surface area contributed by atoms with Crippen LogP contribution in [0.15, 0.2) is 0 Å². The third-order valence-electron chi connectivity index (χ3n) is 3.51. The van der Waals surface area contributed by atoms with Crippen LogP contribution in [-0.4, -0.2) is 37.2 Å². The lowest BCUT2D eigenvalue weighted by molar-refractivity contribution is -0.0311. The summed E-state index contributed by atoms with van der Waals surface area (Å²) in [5.74, 6) is 1.43. The highest BCUT2D eigenvalue weighted by atomic mass is 16.5. The lowest BCUT2D eigenvalue weighted by Gasteiger charge is -2.41. The molecule has 2 atom stereocenters. The highest BCUT2D eigenvalue weighted by molar-refractivity contribution is 4.84. The van der Waals surface area contributed by atoms with E-state index in [1.807, 2.05) is 7.11 Å². The van der Waals surface area contributed by atoms with Crippen LogP contribution in [0.3, 0.4) is 0 Å². The van der Waals surface area contributed by atoms with Crippen molar-refractivity contribution in [2.45, 2.75) is 46.3 Å². The Morgan fingerprint density at radius 3 is 2.29 bits per heavy atom. The van der Waals surface area contributed by atoms with Gasteiger partial charge in [0.1, 0.15) is 0 Å². The standard InChI is InChI=1S/C12H25NO/c1-9(2)11-8-13(10(3)4)7-6-12(11)14-5/h9-12H,6-8H2,1-5H3/t11-,12?/m1/s1. The Balaban J connectivity index is 2.57. The maximum atomic E-state index is 5.57. The number of hydrogen-bond acceptors (Lipinski definition) is 2. The number of ether oxygens (including phenoxy) is 1. The van der Waals surface area contributed by atoms with Gasteiger partial charge in [-0.1, -0.05) is 13.8 Å². The van der Waals surface area contributed by atoms with Gasteiger partial charge >= 0.3 is 0 Å². The van der Waals surface area contributed by atoms with Crippen LogP contribution in [0.25, 0.3) is 0 Å². The normalized spacial score (nSPS) is 30.2. The lowest BCUT2D eigenvalue weighted by Crippen LogP contribution is -2.48. The van der Waals surface area contributed by atoms with E-state index in [9.17, 15) is 0 Å². The Bertz CT molecular complexity index is 168. The van der Waals surface area contributed by atoms with E-state index in [1.54, 1.807) is 0 Å². The second-order valence-corrected chi connectivity index (χ2v) is 5.06. The van der Waals surface area contributed by atoms with E-state index in [0.29, 0.717) is 18.1 Å². The maximum Gasteiger partial charge on any atom is 0.0626 e. The first kappa shape index (κ1) is 12.0. The van der Waals surface area contributed by atoms with Gasteiger partial charge in [0.2, 0.25) is 0 Å². The Kier molecular flexibility index (Phi) is 4.39. The first-order chi connectivity index (χ1) is 6.56. The van der Waals surface area contributed by atoms with E-state index >= 15 is 0 Å². The van der Waals surface area contributed by atoms with E-state index in [1.165, 1.54) is 19.5 Å². The molecule has 1 aliphatic rings. The molecule has 0 radical (unpaired) electrons. The number of hydrogen-bond donors (Lipinski definition) is 0. The smallest absolute Gasteiger partial charge is 0.0626 e. The van der Waals surface area contributed by atoms with Gasteiger partial charge in [-0.2, -0.15) is 0 Å². The van der Waals surface area contributed by atoms with E-state index in [0.717, 1.165) is 5.92 Å². The van der Waals surface area contributed by atoms with Gasteiger partial charge < -0.3 is 9.64 Å². The summed E-state index contributed by atoms with van der Waals surface area (Å²) in [7, 11) is 1.85. The van der Waals surface area contributed by atoms with Crippen LogP contribution >= 0.6 is 0 Å². The topological polar surface area (TPSA) is 12.5 Å². The van der Waals surface area contributed by atoms with Crippen LogP contribution < -0.4 is 0 Å². The fourth-order valence-corrected chi connectivity index (χ4v) is 2.39. The van der Waals surface area contributed by atoms with Crippen molar-refractivity contribution in [2.75, 3.05) is 20.2 Å². The van der Waals surface area contributed by atoms with Gasteiger partial charge in [0, 0.05) is 32.2 Å². The molecule has 0 saturated carbocycles. The van der Waals surface area contributed by atoms with Crippen LogP contribution in [0.4, 0.5) is 0 Å². The molecule has 0 aromatic heterocycles. The SMILES string of the molecule is COC1CCN(C(C)C)C[C@@H]1C(C)C. The second-order valence-electron chi connectivity index (χ2n) is 5.06. The van der Waals surface area contributed by atoms with E-state index in [4.69, 9.17) is 4.74 Å². The number of methoxy groups -OCH3 is 1. The van der Waals surface area contributed by atoms with Crippen molar-refractivity contribution in [1.82, 2.24) is 4.90 Å². The molecule has 1 rings (SSSR count). The summed E-state index contributed by atoms with van der Waals surface area (Å²) >= 11 is 0. The summed E-state index contributed by atoms with van der Waals surface area (Å²) < 4.78 is 5.57. The molecule has 1 unspecified atom stereocenters. The molecule has 0 aliphatic carbocycles. The number of likely N-dealkylation sites (tertiary alicyclic amines) is 1. The average Bonchev–Trinajstić information content (AvgIpc) is 2.16. The van der Waals surface area contributed by atoms with Gasteiger partial charge in [-0.15, -0.1) is 0 Å². The molecule has 1 saturated heterocycles. The minimum absolute atomic E-state index is 0.477. The molecule has 0 bridgehead atoms. The van der Waals surface area contributed by atoms with Crippen molar-refractivity contribution in [1.29, 1.82) is 0 Å². The zero-order chi connectivity index (χ0) is 10.7. The molecular formula is C12H25NO. The first-order valence-corrected chi connectivity index (χ1v) is 5.83. The predicted molar refractivity (Wildman–Crippen MR) is 60.5 cm³/mol. The third kappa shape index (κ3) is 2.71. The molecule has 2 nitrogen and oxygen atoms in total. The zero-order valence-electron chi connectivity index (χ0n) is 10.3. The van der Waals surface area contributed by atoms with E-state index in [-0.39, 0.29) is 0 Å². The monoisotopic (exact) mass is 199 g/mol. The van der Waals surface area contributed by atoms with Gasteiger partial charge in [0.15, 0.2) is 0 Å². The first-order valence-electron chi connectivity index (χ1n) is 5.83. The minimum Gasteiger partial charge on any atom is -0.381 e. The maximum absolute atomic E-state index is 5.57. The molecule has 14 heavy (non-hydrogen) atoms. The van der Waals surface area contributed by atoms with Gasteiger partial charge in [-0.3, -0.25) is 0 Å². The minimum atomic E-state index is 0.477.